The van der Waals surface area contributed by atoms with Crippen molar-refractivity contribution in [3.05, 3.63) is 95.9 Å². The zero-order valence-electron chi connectivity index (χ0n) is 20.8. The number of nitrogens with one attached hydrogen (secondary N) is 2. The van der Waals surface area contributed by atoms with Crippen molar-refractivity contribution in [1.82, 2.24) is 19.3 Å². The van der Waals surface area contributed by atoms with Crippen LogP contribution in [0, 0.1) is 24.5 Å². The number of aliphatic hydroxyl groups is 1. The van der Waals surface area contributed by atoms with Crippen LogP contribution in [0.5, 0.6) is 0 Å². The van der Waals surface area contributed by atoms with Gasteiger partial charge in [0.2, 0.25) is 5.95 Å². The maximum atomic E-state index is 14.0. The molecular formula is C28H28F2N6OS. The highest BCUT2D eigenvalue weighted by atomic mass is 32.2. The van der Waals surface area contributed by atoms with Crippen LogP contribution in [-0.2, 0) is 0 Å². The molecule has 1 aliphatic rings. The fraction of sp³-hybridized carbons (Fsp3) is 0.250. The van der Waals surface area contributed by atoms with Crippen molar-refractivity contribution in [2.24, 2.45) is 5.92 Å². The van der Waals surface area contributed by atoms with E-state index in [9.17, 15) is 13.9 Å². The van der Waals surface area contributed by atoms with Crippen LogP contribution < -0.4 is 10.6 Å². The van der Waals surface area contributed by atoms with Gasteiger partial charge < -0.3 is 15.7 Å². The third kappa shape index (κ3) is 6.45. The number of aliphatic hydroxyl groups excluding tert-OH is 1. The van der Waals surface area contributed by atoms with Gasteiger partial charge in [-0.25, -0.2) is 18.1 Å². The molecule has 1 atom stereocenters. The Hall–Kier alpha value is -3.60. The lowest BCUT2D eigenvalue weighted by Gasteiger charge is -2.33. The minimum Gasteiger partial charge on any atom is -0.388 e. The monoisotopic (exact) mass is 534 g/mol. The number of aromatic nitrogens is 3. The molecule has 1 fully saturated rings. The molecule has 0 saturated carbocycles. The first kappa shape index (κ1) is 26.0. The summed E-state index contributed by atoms with van der Waals surface area (Å²) in [5, 5.41) is 17.0. The van der Waals surface area contributed by atoms with Gasteiger partial charge in [-0.15, -0.1) is 0 Å². The Balaban J connectivity index is 1.13. The van der Waals surface area contributed by atoms with Crippen molar-refractivity contribution in [2.45, 2.75) is 30.8 Å². The summed E-state index contributed by atoms with van der Waals surface area (Å²) >= 11 is 1.67. The van der Waals surface area contributed by atoms with Gasteiger partial charge >= 0.3 is 0 Å². The quantitative estimate of drug-likeness (QED) is 0.224. The SMILES string of the molecule is Cc1cc(Nc2ccnc(Nc3ccc(SN4CCC(C(O)c5ccncc5F)CC4)cc3)n2)ccc1F. The minimum absolute atomic E-state index is 0.0210. The summed E-state index contributed by atoms with van der Waals surface area (Å²) in [4.78, 5) is 13.6. The highest BCUT2D eigenvalue weighted by Crippen LogP contribution is 2.35. The van der Waals surface area contributed by atoms with Crippen LogP contribution in [0.3, 0.4) is 0 Å². The summed E-state index contributed by atoms with van der Waals surface area (Å²) in [5.41, 5.74) is 2.48. The van der Waals surface area contributed by atoms with Gasteiger partial charge in [0.25, 0.3) is 0 Å². The molecule has 196 valence electrons. The molecule has 3 N–H and O–H groups in total. The van der Waals surface area contributed by atoms with Gasteiger partial charge in [-0.1, -0.05) is 0 Å². The van der Waals surface area contributed by atoms with E-state index >= 15 is 0 Å². The molecule has 4 aromatic rings. The number of benzene rings is 2. The molecule has 5 rings (SSSR count). The number of piperidine rings is 1. The molecule has 38 heavy (non-hydrogen) atoms. The van der Waals surface area contributed by atoms with Gasteiger partial charge in [-0.3, -0.25) is 4.98 Å². The Morgan fingerprint density at radius 2 is 1.71 bits per heavy atom. The van der Waals surface area contributed by atoms with E-state index in [1.165, 1.54) is 12.3 Å². The number of hydrogen-bond donors (Lipinski definition) is 3. The van der Waals surface area contributed by atoms with Crippen molar-refractivity contribution < 1.29 is 13.9 Å². The summed E-state index contributed by atoms with van der Waals surface area (Å²) in [6.07, 6.45) is 5.08. The van der Waals surface area contributed by atoms with E-state index in [-0.39, 0.29) is 11.7 Å². The maximum absolute atomic E-state index is 14.0. The Kier molecular flexibility index (Phi) is 8.11. The van der Waals surface area contributed by atoms with Crippen LogP contribution >= 0.6 is 11.9 Å². The van der Waals surface area contributed by atoms with Crippen molar-refractivity contribution in [1.29, 1.82) is 0 Å². The van der Waals surface area contributed by atoms with E-state index in [1.54, 1.807) is 49.3 Å². The molecule has 2 aromatic heterocycles. The van der Waals surface area contributed by atoms with Crippen molar-refractivity contribution in [3.8, 4) is 0 Å². The first-order chi connectivity index (χ1) is 18.4. The molecule has 0 spiro atoms. The number of nitrogens with zero attached hydrogens (tertiary/aromatic N) is 4. The molecule has 0 amide bonds. The van der Waals surface area contributed by atoms with Crippen molar-refractivity contribution in [3.63, 3.8) is 0 Å². The molecule has 2 aromatic carbocycles. The number of rotatable bonds is 8. The molecule has 0 aliphatic carbocycles. The van der Waals surface area contributed by atoms with Crippen LogP contribution in [0.15, 0.2) is 78.1 Å². The van der Waals surface area contributed by atoms with Gasteiger partial charge in [-0.2, -0.15) is 4.98 Å². The van der Waals surface area contributed by atoms with Gasteiger partial charge in [0.15, 0.2) is 0 Å². The first-order valence-electron chi connectivity index (χ1n) is 12.4. The lowest BCUT2D eigenvalue weighted by atomic mass is 9.88. The second-order valence-corrected chi connectivity index (χ2v) is 10.4. The Morgan fingerprint density at radius 1 is 0.947 bits per heavy atom. The van der Waals surface area contributed by atoms with E-state index in [0.29, 0.717) is 22.9 Å². The fourth-order valence-electron chi connectivity index (χ4n) is 4.40. The fourth-order valence-corrected chi connectivity index (χ4v) is 5.35. The molecule has 0 bridgehead atoms. The Morgan fingerprint density at radius 3 is 2.45 bits per heavy atom. The molecule has 7 nitrogen and oxygen atoms in total. The standard InChI is InChI=1S/C28H28F2N6OS/c1-18-16-21(4-7-24(18)29)33-26-9-13-32-28(35-26)34-20-2-5-22(6-3-20)38-36-14-10-19(11-15-36)27(37)23-8-12-31-17-25(23)30/h2-9,12-13,16-17,19,27,37H,10-11,14-15H2,1H3,(H2,32,33,34,35). The normalized spacial score (nSPS) is 15.3. The van der Waals surface area contributed by atoms with Crippen LogP contribution in [0.25, 0.3) is 0 Å². The van der Waals surface area contributed by atoms with Gasteiger partial charge in [0, 0.05) is 47.3 Å². The van der Waals surface area contributed by atoms with Crippen molar-refractivity contribution in [2.75, 3.05) is 23.7 Å². The number of hydrogen-bond acceptors (Lipinski definition) is 8. The third-order valence-corrected chi connectivity index (χ3v) is 7.60. The summed E-state index contributed by atoms with van der Waals surface area (Å²) in [6, 6.07) is 16.1. The second-order valence-electron chi connectivity index (χ2n) is 9.20. The smallest absolute Gasteiger partial charge is 0.229 e. The Bertz CT molecular complexity index is 1380. The predicted molar refractivity (Wildman–Crippen MR) is 145 cm³/mol. The van der Waals surface area contributed by atoms with Crippen molar-refractivity contribution >= 4 is 35.1 Å². The van der Waals surface area contributed by atoms with Gasteiger partial charge in [0.05, 0.1) is 12.3 Å². The van der Waals surface area contributed by atoms with Crippen LogP contribution in [0.2, 0.25) is 0 Å². The molecule has 1 aliphatic heterocycles. The minimum atomic E-state index is -0.814. The van der Waals surface area contributed by atoms with Gasteiger partial charge in [0.1, 0.15) is 17.5 Å². The largest absolute Gasteiger partial charge is 0.388 e. The zero-order chi connectivity index (χ0) is 26.5. The number of aryl methyl sites for hydroxylation is 1. The summed E-state index contributed by atoms with van der Waals surface area (Å²) < 4.78 is 29.8. The van der Waals surface area contributed by atoms with E-state index in [4.69, 9.17) is 0 Å². The number of halogens is 2. The van der Waals surface area contributed by atoms with Crippen LogP contribution in [0.4, 0.5) is 31.9 Å². The van der Waals surface area contributed by atoms with E-state index in [0.717, 1.165) is 48.4 Å². The predicted octanol–water partition coefficient (Wildman–Crippen LogP) is 6.40. The summed E-state index contributed by atoms with van der Waals surface area (Å²) in [7, 11) is 0. The molecule has 3 heterocycles. The lowest BCUT2D eigenvalue weighted by molar-refractivity contribution is 0.0747. The summed E-state index contributed by atoms with van der Waals surface area (Å²) in [6.45, 7) is 3.33. The van der Waals surface area contributed by atoms with E-state index in [2.05, 4.69) is 29.9 Å². The molecule has 1 unspecified atom stereocenters. The number of anilines is 4. The van der Waals surface area contributed by atoms with Crippen LogP contribution in [-0.4, -0.2) is 37.5 Å². The topological polar surface area (TPSA) is 86.2 Å². The van der Waals surface area contributed by atoms with E-state index < -0.39 is 11.9 Å². The molecule has 0 radical (unpaired) electrons. The average Bonchev–Trinajstić information content (AvgIpc) is 2.92. The summed E-state index contributed by atoms with van der Waals surface area (Å²) in [5.74, 6) is 0.360. The van der Waals surface area contributed by atoms with Crippen LogP contribution in [0.1, 0.15) is 30.1 Å². The highest BCUT2D eigenvalue weighted by molar-refractivity contribution is 7.97. The third-order valence-electron chi connectivity index (χ3n) is 6.50. The molecule has 1 saturated heterocycles. The maximum Gasteiger partial charge on any atom is 0.229 e. The molecule has 10 heteroatoms. The average molecular weight is 535 g/mol. The Labute approximate surface area is 224 Å². The van der Waals surface area contributed by atoms with Gasteiger partial charge in [-0.05, 0) is 97.8 Å². The number of pyridine rings is 1. The zero-order valence-corrected chi connectivity index (χ0v) is 21.6. The second kappa shape index (κ2) is 11.8. The first-order valence-corrected chi connectivity index (χ1v) is 13.2. The van der Waals surface area contributed by atoms with E-state index in [1.807, 2.05) is 24.3 Å². The molecular weight excluding hydrogens is 506 g/mol. The lowest BCUT2D eigenvalue weighted by Crippen LogP contribution is -2.31. The highest BCUT2D eigenvalue weighted by Gasteiger charge is 2.28.